The Labute approximate surface area is 81.3 Å². The van der Waals surface area contributed by atoms with Gasteiger partial charge in [0.15, 0.2) is 6.29 Å². The van der Waals surface area contributed by atoms with Crippen molar-refractivity contribution >= 4 is 5.78 Å². The summed E-state index contributed by atoms with van der Waals surface area (Å²) in [6, 6.07) is 1.84. The average molecular weight is 193 g/mol. The van der Waals surface area contributed by atoms with Crippen molar-refractivity contribution in [1.29, 1.82) is 0 Å². The van der Waals surface area contributed by atoms with Gasteiger partial charge >= 0.3 is 0 Å². The maximum Gasteiger partial charge on any atom is 0.234 e. The van der Waals surface area contributed by atoms with E-state index in [1.807, 2.05) is 16.7 Å². The van der Waals surface area contributed by atoms with Crippen LogP contribution in [0, 0.1) is 0 Å². The maximum absolute atomic E-state index is 5.16. The molecule has 0 saturated heterocycles. The Morgan fingerprint density at radius 3 is 2.64 bits per heavy atom. The third-order valence-corrected chi connectivity index (χ3v) is 2.00. The van der Waals surface area contributed by atoms with Crippen LogP contribution in [-0.2, 0) is 9.47 Å². The van der Waals surface area contributed by atoms with Gasteiger partial charge in [-0.15, -0.1) is 0 Å². The molecule has 14 heavy (non-hydrogen) atoms. The van der Waals surface area contributed by atoms with Crippen molar-refractivity contribution in [3.8, 4) is 0 Å². The molecule has 2 aromatic heterocycles. The van der Waals surface area contributed by atoms with Gasteiger partial charge in [0.1, 0.15) is 0 Å². The summed E-state index contributed by atoms with van der Waals surface area (Å²) in [6.45, 7) is 0. The zero-order valence-corrected chi connectivity index (χ0v) is 8.04. The molecule has 2 rings (SSSR count). The first-order chi connectivity index (χ1) is 6.86. The average Bonchev–Trinajstić information content (AvgIpc) is 2.68. The molecule has 0 radical (unpaired) electrons. The van der Waals surface area contributed by atoms with Crippen molar-refractivity contribution in [1.82, 2.24) is 14.4 Å². The first kappa shape index (κ1) is 9.11. The van der Waals surface area contributed by atoms with Crippen LogP contribution in [0.4, 0.5) is 0 Å². The van der Waals surface area contributed by atoms with Gasteiger partial charge in [0.05, 0.1) is 5.69 Å². The minimum Gasteiger partial charge on any atom is -0.350 e. The molecule has 5 heteroatoms. The van der Waals surface area contributed by atoms with Crippen LogP contribution in [0.1, 0.15) is 12.0 Å². The van der Waals surface area contributed by atoms with Crippen LogP contribution in [0.5, 0.6) is 0 Å². The summed E-state index contributed by atoms with van der Waals surface area (Å²) in [5, 5.41) is 0. The van der Waals surface area contributed by atoms with E-state index in [4.69, 9.17) is 9.47 Å². The van der Waals surface area contributed by atoms with Gasteiger partial charge in [-0.25, -0.2) is 9.97 Å². The zero-order valence-electron chi connectivity index (χ0n) is 8.04. The summed E-state index contributed by atoms with van der Waals surface area (Å²) in [7, 11) is 3.19. The molecule has 0 saturated carbocycles. The van der Waals surface area contributed by atoms with Crippen LogP contribution < -0.4 is 0 Å². The lowest BCUT2D eigenvalue weighted by Gasteiger charge is -2.14. The summed E-state index contributed by atoms with van der Waals surface area (Å²) in [5.74, 6) is 0.640. The fourth-order valence-electron chi connectivity index (χ4n) is 1.38. The first-order valence-electron chi connectivity index (χ1n) is 4.20. The monoisotopic (exact) mass is 193 g/mol. The predicted octanol–water partition coefficient (Wildman–Crippen LogP) is 1.02. The molecule has 5 nitrogen and oxygen atoms in total. The highest BCUT2D eigenvalue weighted by atomic mass is 16.7. The maximum atomic E-state index is 5.16. The standard InChI is InChI=1S/C9H11N3O2/c1-13-8(14-2)7-3-4-10-9-11-5-6-12(7)9/h3-6,8H,1-2H3. The van der Waals surface area contributed by atoms with Crippen molar-refractivity contribution in [2.45, 2.75) is 6.29 Å². The summed E-state index contributed by atoms with van der Waals surface area (Å²) < 4.78 is 12.2. The number of nitrogens with zero attached hydrogens (tertiary/aromatic N) is 3. The molecule has 0 N–H and O–H groups in total. The highest BCUT2D eigenvalue weighted by molar-refractivity contribution is 5.30. The van der Waals surface area contributed by atoms with E-state index in [0.29, 0.717) is 5.78 Å². The molecule has 2 heterocycles. The Kier molecular flexibility index (Phi) is 2.43. The van der Waals surface area contributed by atoms with Crippen LogP contribution in [-0.4, -0.2) is 28.6 Å². The minimum absolute atomic E-state index is 0.394. The molecule has 0 spiro atoms. The molecule has 74 valence electrons. The molecule has 0 aliphatic heterocycles. The van der Waals surface area contributed by atoms with Gasteiger partial charge in [0, 0.05) is 32.8 Å². The molecule has 0 atom stereocenters. The molecule has 2 aromatic rings. The van der Waals surface area contributed by atoms with E-state index >= 15 is 0 Å². The minimum atomic E-state index is -0.394. The Balaban J connectivity index is 2.54. The van der Waals surface area contributed by atoms with Crippen LogP contribution >= 0.6 is 0 Å². The number of hydrogen-bond donors (Lipinski definition) is 0. The molecular formula is C9H11N3O2. The Morgan fingerprint density at radius 2 is 1.93 bits per heavy atom. The second-order valence-electron chi connectivity index (χ2n) is 2.77. The summed E-state index contributed by atoms with van der Waals surface area (Å²) in [4.78, 5) is 8.16. The molecule has 0 fully saturated rings. The van der Waals surface area contributed by atoms with Crippen LogP contribution in [0.2, 0.25) is 0 Å². The molecule has 0 aliphatic carbocycles. The number of methoxy groups -OCH3 is 2. The second-order valence-corrected chi connectivity index (χ2v) is 2.77. The van der Waals surface area contributed by atoms with Gasteiger partial charge in [-0.2, -0.15) is 0 Å². The van der Waals surface area contributed by atoms with Crippen molar-refractivity contribution < 1.29 is 9.47 Å². The number of rotatable bonds is 3. The molecular weight excluding hydrogens is 182 g/mol. The number of imidazole rings is 1. The molecule has 0 bridgehead atoms. The SMILES string of the molecule is COC(OC)c1ccnc2nccn12. The van der Waals surface area contributed by atoms with E-state index in [-0.39, 0.29) is 0 Å². The largest absolute Gasteiger partial charge is 0.350 e. The molecule has 0 amide bonds. The molecule has 0 unspecified atom stereocenters. The first-order valence-corrected chi connectivity index (χ1v) is 4.20. The van der Waals surface area contributed by atoms with E-state index in [0.717, 1.165) is 5.69 Å². The van der Waals surface area contributed by atoms with Gasteiger partial charge in [-0.3, -0.25) is 4.40 Å². The number of hydrogen-bond acceptors (Lipinski definition) is 4. The normalized spacial score (nSPS) is 11.4. The van der Waals surface area contributed by atoms with Crippen molar-refractivity contribution in [3.63, 3.8) is 0 Å². The Hall–Kier alpha value is -1.46. The topological polar surface area (TPSA) is 48.7 Å². The summed E-state index contributed by atoms with van der Waals surface area (Å²) in [5.41, 5.74) is 0.873. The zero-order chi connectivity index (χ0) is 9.97. The number of fused-ring (bicyclic) bond motifs is 1. The van der Waals surface area contributed by atoms with Crippen molar-refractivity contribution in [3.05, 3.63) is 30.4 Å². The predicted molar refractivity (Wildman–Crippen MR) is 49.7 cm³/mol. The second kappa shape index (κ2) is 3.73. The fraction of sp³-hybridized carbons (Fsp3) is 0.333. The Morgan fingerprint density at radius 1 is 1.21 bits per heavy atom. The van der Waals surface area contributed by atoms with Crippen LogP contribution in [0.3, 0.4) is 0 Å². The quantitative estimate of drug-likeness (QED) is 0.683. The lowest BCUT2D eigenvalue weighted by molar-refractivity contribution is -0.109. The van der Waals surface area contributed by atoms with E-state index < -0.39 is 6.29 Å². The van der Waals surface area contributed by atoms with Crippen LogP contribution in [0.25, 0.3) is 5.78 Å². The fourth-order valence-corrected chi connectivity index (χ4v) is 1.38. The van der Waals surface area contributed by atoms with Crippen LogP contribution in [0.15, 0.2) is 24.7 Å². The van der Waals surface area contributed by atoms with E-state index in [9.17, 15) is 0 Å². The van der Waals surface area contributed by atoms with Gasteiger partial charge in [-0.05, 0) is 6.07 Å². The molecule has 0 aromatic carbocycles. The van der Waals surface area contributed by atoms with Crippen molar-refractivity contribution in [2.75, 3.05) is 14.2 Å². The molecule has 0 aliphatic rings. The van der Waals surface area contributed by atoms with Gasteiger partial charge in [-0.1, -0.05) is 0 Å². The summed E-state index contributed by atoms with van der Waals surface area (Å²) >= 11 is 0. The highest BCUT2D eigenvalue weighted by Gasteiger charge is 2.12. The number of aromatic nitrogens is 3. The van der Waals surface area contributed by atoms with Crippen molar-refractivity contribution in [2.24, 2.45) is 0 Å². The van der Waals surface area contributed by atoms with Gasteiger partial charge < -0.3 is 9.47 Å². The van der Waals surface area contributed by atoms with Gasteiger partial charge in [0.2, 0.25) is 5.78 Å². The lowest BCUT2D eigenvalue weighted by Crippen LogP contribution is -2.09. The highest BCUT2D eigenvalue weighted by Crippen LogP contribution is 2.16. The van der Waals surface area contributed by atoms with Gasteiger partial charge in [0.25, 0.3) is 0 Å². The number of ether oxygens (including phenoxy) is 2. The third kappa shape index (κ3) is 1.36. The third-order valence-electron chi connectivity index (χ3n) is 2.00. The Bertz CT molecular complexity index is 423. The van der Waals surface area contributed by atoms with E-state index in [1.165, 1.54) is 0 Å². The lowest BCUT2D eigenvalue weighted by atomic mass is 10.4. The van der Waals surface area contributed by atoms with E-state index in [1.54, 1.807) is 26.6 Å². The smallest absolute Gasteiger partial charge is 0.234 e. The summed E-state index contributed by atoms with van der Waals surface area (Å²) in [6.07, 6.45) is 4.80. The van der Waals surface area contributed by atoms with E-state index in [2.05, 4.69) is 9.97 Å².